The summed E-state index contributed by atoms with van der Waals surface area (Å²) in [5, 5.41) is 16.3. The molecule has 1 fully saturated rings. The Morgan fingerprint density at radius 1 is 1.29 bits per heavy atom. The fourth-order valence-electron chi connectivity index (χ4n) is 3.30. The van der Waals surface area contributed by atoms with E-state index >= 15 is 0 Å². The molecule has 11 heteroatoms. The molecule has 2 aliphatic heterocycles. The highest BCUT2D eigenvalue weighted by Crippen LogP contribution is 2.45. The van der Waals surface area contributed by atoms with Gasteiger partial charge in [0.15, 0.2) is 22.4 Å². The number of Topliss-reactive ketones (excluding diaryl/α,β-unsaturated/α-hetero) is 1. The van der Waals surface area contributed by atoms with Gasteiger partial charge in [-0.2, -0.15) is 13.2 Å². The summed E-state index contributed by atoms with van der Waals surface area (Å²) in [6.45, 7) is -0.0130. The van der Waals surface area contributed by atoms with Gasteiger partial charge in [-0.05, 0) is 41.4 Å². The second kappa shape index (κ2) is 6.61. The first kappa shape index (κ1) is 19.0. The van der Waals surface area contributed by atoms with Crippen molar-refractivity contribution in [1.82, 2.24) is 10.6 Å². The summed E-state index contributed by atoms with van der Waals surface area (Å²) in [7, 11) is 0. The van der Waals surface area contributed by atoms with Crippen molar-refractivity contribution >= 4 is 34.5 Å². The Kier molecular flexibility index (Phi) is 4.47. The van der Waals surface area contributed by atoms with E-state index in [0.29, 0.717) is 17.1 Å². The van der Waals surface area contributed by atoms with E-state index in [0.717, 1.165) is 11.3 Å². The Balaban J connectivity index is 1.84. The van der Waals surface area contributed by atoms with Crippen LogP contribution in [0.1, 0.15) is 21.3 Å². The van der Waals surface area contributed by atoms with E-state index in [9.17, 15) is 23.1 Å². The molecule has 3 atom stereocenters. The van der Waals surface area contributed by atoms with Crippen LogP contribution in [0, 0.1) is 5.92 Å². The van der Waals surface area contributed by atoms with Gasteiger partial charge in [-0.15, -0.1) is 11.3 Å². The number of aliphatic hydroxyl groups is 1. The number of carbonyl (C=O) groups is 1. The molecule has 0 unspecified atom stereocenters. The van der Waals surface area contributed by atoms with Crippen molar-refractivity contribution in [3.8, 4) is 11.5 Å². The Labute approximate surface area is 166 Å². The zero-order chi connectivity index (χ0) is 20.1. The summed E-state index contributed by atoms with van der Waals surface area (Å²) in [4.78, 5) is 13.1. The number of fused-ring (bicyclic) bond motifs is 1. The predicted molar refractivity (Wildman–Crippen MR) is 97.3 cm³/mol. The van der Waals surface area contributed by atoms with E-state index in [4.69, 9.17) is 21.7 Å². The number of carbonyl (C=O) groups excluding carboxylic acids is 1. The molecule has 0 radical (unpaired) electrons. The summed E-state index contributed by atoms with van der Waals surface area (Å²) in [5.41, 5.74) is -3.25. The van der Waals surface area contributed by atoms with Crippen LogP contribution >= 0.6 is 23.6 Å². The Hall–Kier alpha value is -2.37. The van der Waals surface area contributed by atoms with Crippen molar-refractivity contribution in [1.29, 1.82) is 0 Å². The molecular formula is C17H13F3N2O4S2. The van der Waals surface area contributed by atoms with E-state index in [1.807, 2.05) is 5.32 Å². The van der Waals surface area contributed by atoms with Crippen molar-refractivity contribution in [3.05, 3.63) is 46.2 Å². The third-order valence-electron chi connectivity index (χ3n) is 4.61. The number of alkyl halides is 3. The number of ether oxygens (including phenoxy) is 2. The van der Waals surface area contributed by atoms with Crippen LogP contribution in [0.2, 0.25) is 0 Å². The van der Waals surface area contributed by atoms with E-state index in [1.54, 1.807) is 11.4 Å². The van der Waals surface area contributed by atoms with Crippen LogP contribution < -0.4 is 20.1 Å². The van der Waals surface area contributed by atoms with E-state index < -0.39 is 34.8 Å². The molecule has 28 heavy (non-hydrogen) atoms. The number of rotatable bonds is 3. The van der Waals surface area contributed by atoms with Crippen molar-refractivity contribution in [3.63, 3.8) is 0 Å². The molecule has 6 nitrogen and oxygen atoms in total. The van der Waals surface area contributed by atoms with Gasteiger partial charge in [-0.3, -0.25) is 4.79 Å². The average molecular weight is 430 g/mol. The third-order valence-corrected chi connectivity index (χ3v) is 5.71. The maximum atomic E-state index is 13.9. The SMILES string of the molecule is O=C(c1cccs1)[C@@H]1[C@H](c2ccc3c(c2)OCO3)NC(=S)N[C@]1(O)C(F)(F)F. The van der Waals surface area contributed by atoms with Gasteiger partial charge in [0.2, 0.25) is 12.5 Å². The van der Waals surface area contributed by atoms with Crippen LogP contribution in [-0.4, -0.2) is 34.7 Å². The minimum Gasteiger partial charge on any atom is -0.454 e. The first-order valence-electron chi connectivity index (χ1n) is 8.06. The smallest absolute Gasteiger partial charge is 0.437 e. The number of nitrogens with one attached hydrogen (secondary N) is 2. The monoisotopic (exact) mass is 430 g/mol. The minimum atomic E-state index is -5.16. The zero-order valence-electron chi connectivity index (χ0n) is 13.9. The summed E-state index contributed by atoms with van der Waals surface area (Å²) in [6.07, 6.45) is -5.16. The quantitative estimate of drug-likeness (QED) is 0.511. The highest BCUT2D eigenvalue weighted by molar-refractivity contribution is 7.80. The van der Waals surface area contributed by atoms with Crippen LogP contribution in [-0.2, 0) is 0 Å². The molecule has 148 valence electrons. The van der Waals surface area contributed by atoms with Crippen LogP contribution in [0.3, 0.4) is 0 Å². The number of halogens is 3. The van der Waals surface area contributed by atoms with Crippen molar-refractivity contribution in [2.24, 2.45) is 5.92 Å². The topological polar surface area (TPSA) is 79.8 Å². The van der Waals surface area contributed by atoms with Gasteiger partial charge in [0.25, 0.3) is 0 Å². The van der Waals surface area contributed by atoms with Gasteiger partial charge in [0.05, 0.1) is 10.9 Å². The van der Waals surface area contributed by atoms with E-state index in [2.05, 4.69) is 5.32 Å². The van der Waals surface area contributed by atoms with Crippen molar-refractivity contribution < 1.29 is 32.5 Å². The largest absolute Gasteiger partial charge is 0.454 e. The molecule has 1 aromatic carbocycles. The normalized spacial score (nSPS) is 26.5. The number of hydrogen-bond acceptors (Lipinski definition) is 6. The van der Waals surface area contributed by atoms with Crippen molar-refractivity contribution in [2.75, 3.05) is 6.79 Å². The van der Waals surface area contributed by atoms with Crippen LogP contribution in [0.4, 0.5) is 13.2 Å². The molecule has 1 aromatic heterocycles. The molecule has 4 rings (SSSR count). The maximum absolute atomic E-state index is 13.9. The molecule has 0 saturated carbocycles. The lowest BCUT2D eigenvalue weighted by Gasteiger charge is -2.46. The molecule has 2 aliphatic rings. The summed E-state index contributed by atoms with van der Waals surface area (Å²) in [6, 6.07) is 6.22. The molecule has 2 aromatic rings. The van der Waals surface area contributed by atoms with Crippen LogP contribution in [0.25, 0.3) is 0 Å². The number of hydrogen-bond donors (Lipinski definition) is 3. The summed E-state index contributed by atoms with van der Waals surface area (Å²) < 4.78 is 52.1. The highest BCUT2D eigenvalue weighted by atomic mass is 32.1. The Bertz CT molecular complexity index is 935. The third kappa shape index (κ3) is 2.99. The fourth-order valence-corrected chi connectivity index (χ4v) is 4.28. The summed E-state index contributed by atoms with van der Waals surface area (Å²) >= 11 is 5.89. The van der Waals surface area contributed by atoms with Gasteiger partial charge in [0.1, 0.15) is 5.92 Å². The lowest BCUT2D eigenvalue weighted by atomic mass is 9.78. The first-order valence-corrected chi connectivity index (χ1v) is 9.34. The van der Waals surface area contributed by atoms with Crippen LogP contribution in [0.5, 0.6) is 11.5 Å². The van der Waals surface area contributed by atoms with Crippen LogP contribution in [0.15, 0.2) is 35.7 Å². The maximum Gasteiger partial charge on any atom is 0.437 e. The molecule has 0 aliphatic carbocycles. The highest BCUT2D eigenvalue weighted by Gasteiger charge is 2.65. The number of thiocarbonyl (C=S) groups is 1. The fraction of sp³-hybridized carbons (Fsp3) is 0.294. The second-order valence-corrected chi connectivity index (χ2v) is 7.63. The second-order valence-electron chi connectivity index (χ2n) is 6.27. The lowest BCUT2D eigenvalue weighted by molar-refractivity contribution is -0.285. The molecule has 3 N–H and O–H groups in total. The Morgan fingerprint density at radius 2 is 2.04 bits per heavy atom. The number of benzene rings is 1. The number of thiophene rings is 1. The minimum absolute atomic E-state index is 0.0130. The molecular weight excluding hydrogens is 417 g/mol. The molecule has 1 saturated heterocycles. The van der Waals surface area contributed by atoms with Crippen molar-refractivity contribution in [2.45, 2.75) is 17.9 Å². The standard InChI is InChI=1S/C17H13F3N2O4S2/c18-17(19,20)16(24)12(14(23)11-2-1-5-28-11)13(21-15(27)22-16)8-3-4-9-10(6-8)26-7-25-9/h1-6,12-13,24H,7H2,(H2,21,22,27)/t12-,13-,16+/m0/s1. The average Bonchev–Trinajstić information content (AvgIpc) is 3.30. The summed E-state index contributed by atoms with van der Waals surface area (Å²) in [5.74, 6) is -2.02. The Morgan fingerprint density at radius 3 is 2.71 bits per heavy atom. The van der Waals surface area contributed by atoms with Gasteiger partial charge >= 0.3 is 6.18 Å². The van der Waals surface area contributed by atoms with E-state index in [1.165, 1.54) is 24.3 Å². The lowest BCUT2D eigenvalue weighted by Crippen LogP contribution is -2.72. The predicted octanol–water partition coefficient (Wildman–Crippen LogP) is 2.75. The van der Waals surface area contributed by atoms with Gasteiger partial charge in [0, 0.05) is 0 Å². The van der Waals surface area contributed by atoms with Gasteiger partial charge in [-0.25, -0.2) is 0 Å². The molecule has 0 bridgehead atoms. The van der Waals surface area contributed by atoms with Gasteiger partial charge < -0.3 is 25.2 Å². The first-order chi connectivity index (χ1) is 13.2. The molecule has 3 heterocycles. The van der Waals surface area contributed by atoms with Gasteiger partial charge in [-0.1, -0.05) is 12.1 Å². The molecule has 0 spiro atoms. The zero-order valence-corrected chi connectivity index (χ0v) is 15.6. The van der Waals surface area contributed by atoms with E-state index in [-0.39, 0.29) is 11.7 Å². The molecule has 0 amide bonds. The number of ketones is 1.